The maximum atomic E-state index is 12.5. The van der Waals surface area contributed by atoms with Crippen LogP contribution in [0.5, 0.6) is 5.75 Å². The number of halogens is 3. The van der Waals surface area contributed by atoms with Crippen molar-refractivity contribution < 1.29 is 23.0 Å². The molecule has 136 valence electrons. The molecule has 0 saturated heterocycles. The van der Waals surface area contributed by atoms with Crippen LogP contribution in [-0.4, -0.2) is 36.3 Å². The van der Waals surface area contributed by atoms with E-state index in [2.05, 4.69) is 0 Å². The highest BCUT2D eigenvalue weighted by Crippen LogP contribution is 2.29. The van der Waals surface area contributed by atoms with Gasteiger partial charge in [0.1, 0.15) is 18.5 Å². The number of likely N-dealkylation sites (N-methyl/N-ethyl adjacent to an activating group) is 1. The summed E-state index contributed by atoms with van der Waals surface area (Å²) in [4.78, 5) is 1.84. The molecule has 3 nitrogen and oxygen atoms in total. The number of aliphatic hydroxyl groups excluding tert-OH is 1. The molecule has 2 aromatic rings. The van der Waals surface area contributed by atoms with Crippen LogP contribution in [0, 0.1) is 6.92 Å². The van der Waals surface area contributed by atoms with Crippen LogP contribution in [0.4, 0.5) is 13.2 Å². The van der Waals surface area contributed by atoms with Gasteiger partial charge in [-0.25, -0.2) is 0 Å². The topological polar surface area (TPSA) is 32.7 Å². The molecule has 0 spiro atoms. The number of ether oxygens (including phenoxy) is 1. The number of rotatable bonds is 7. The zero-order valence-electron chi connectivity index (χ0n) is 14.3. The number of hydrogen-bond donors (Lipinski definition) is 1. The van der Waals surface area contributed by atoms with Gasteiger partial charge in [-0.1, -0.05) is 24.3 Å². The summed E-state index contributed by atoms with van der Waals surface area (Å²) >= 11 is 0. The van der Waals surface area contributed by atoms with Crippen LogP contribution in [0.3, 0.4) is 0 Å². The van der Waals surface area contributed by atoms with Gasteiger partial charge in [0.05, 0.1) is 5.56 Å². The monoisotopic (exact) mass is 353 g/mol. The normalized spacial score (nSPS) is 13.1. The molecule has 0 fully saturated rings. The SMILES string of the molecule is Cc1cccc(OCC(O)CN(C)Cc2ccc(C(F)(F)F)cc2)c1. The third-order valence-electron chi connectivity index (χ3n) is 3.69. The van der Waals surface area contributed by atoms with Crippen molar-refractivity contribution in [3.63, 3.8) is 0 Å². The van der Waals surface area contributed by atoms with E-state index < -0.39 is 17.8 Å². The van der Waals surface area contributed by atoms with Crippen molar-refractivity contribution >= 4 is 0 Å². The van der Waals surface area contributed by atoms with Gasteiger partial charge in [0.25, 0.3) is 0 Å². The Hall–Kier alpha value is -2.05. The maximum absolute atomic E-state index is 12.5. The second-order valence-electron chi connectivity index (χ2n) is 6.17. The second-order valence-corrected chi connectivity index (χ2v) is 6.17. The van der Waals surface area contributed by atoms with Crippen LogP contribution in [0.25, 0.3) is 0 Å². The molecular formula is C19H22F3NO2. The highest BCUT2D eigenvalue weighted by molar-refractivity contribution is 5.27. The quantitative estimate of drug-likeness (QED) is 0.820. The molecule has 2 aromatic carbocycles. The van der Waals surface area contributed by atoms with E-state index in [4.69, 9.17) is 4.74 Å². The maximum Gasteiger partial charge on any atom is 0.416 e. The van der Waals surface area contributed by atoms with Crippen LogP contribution >= 0.6 is 0 Å². The van der Waals surface area contributed by atoms with Crippen molar-refractivity contribution in [3.8, 4) is 5.75 Å². The molecule has 2 rings (SSSR count). The Kier molecular flexibility index (Phi) is 6.45. The Balaban J connectivity index is 1.80. The van der Waals surface area contributed by atoms with E-state index in [0.29, 0.717) is 18.8 Å². The number of aryl methyl sites for hydroxylation is 1. The lowest BCUT2D eigenvalue weighted by atomic mass is 10.1. The van der Waals surface area contributed by atoms with Crippen LogP contribution < -0.4 is 4.74 Å². The highest BCUT2D eigenvalue weighted by Gasteiger charge is 2.29. The van der Waals surface area contributed by atoms with Crippen molar-refractivity contribution in [2.75, 3.05) is 20.2 Å². The molecule has 1 N–H and O–H groups in total. The van der Waals surface area contributed by atoms with E-state index in [1.165, 1.54) is 12.1 Å². The molecule has 0 aliphatic carbocycles. The fraction of sp³-hybridized carbons (Fsp3) is 0.368. The molecule has 25 heavy (non-hydrogen) atoms. The van der Waals surface area contributed by atoms with Gasteiger partial charge in [-0.15, -0.1) is 0 Å². The van der Waals surface area contributed by atoms with E-state index in [9.17, 15) is 18.3 Å². The average molecular weight is 353 g/mol. The Morgan fingerprint density at radius 2 is 1.80 bits per heavy atom. The number of benzene rings is 2. The molecule has 1 unspecified atom stereocenters. The molecule has 0 aliphatic heterocycles. The average Bonchev–Trinajstić information content (AvgIpc) is 2.52. The molecular weight excluding hydrogens is 331 g/mol. The Bertz CT molecular complexity index is 671. The van der Waals surface area contributed by atoms with Crippen molar-refractivity contribution in [1.29, 1.82) is 0 Å². The summed E-state index contributed by atoms with van der Waals surface area (Å²) in [6.07, 6.45) is -5.02. The number of aliphatic hydroxyl groups is 1. The molecule has 0 heterocycles. The minimum atomic E-state index is -4.33. The van der Waals surface area contributed by atoms with Crippen LogP contribution in [0.15, 0.2) is 48.5 Å². The van der Waals surface area contributed by atoms with Gasteiger partial charge < -0.3 is 9.84 Å². The minimum Gasteiger partial charge on any atom is -0.491 e. The van der Waals surface area contributed by atoms with Crippen LogP contribution in [-0.2, 0) is 12.7 Å². The van der Waals surface area contributed by atoms with Crippen molar-refractivity contribution in [1.82, 2.24) is 4.90 Å². The lowest BCUT2D eigenvalue weighted by Crippen LogP contribution is -2.32. The summed E-state index contributed by atoms with van der Waals surface area (Å²) in [5, 5.41) is 10.1. The van der Waals surface area contributed by atoms with Crippen molar-refractivity contribution in [2.45, 2.75) is 25.7 Å². The van der Waals surface area contributed by atoms with Gasteiger partial charge in [-0.3, -0.25) is 4.90 Å². The zero-order valence-corrected chi connectivity index (χ0v) is 14.3. The first-order chi connectivity index (χ1) is 11.7. The lowest BCUT2D eigenvalue weighted by molar-refractivity contribution is -0.137. The smallest absolute Gasteiger partial charge is 0.416 e. The molecule has 0 bridgehead atoms. The van der Waals surface area contributed by atoms with Crippen LogP contribution in [0.1, 0.15) is 16.7 Å². The zero-order chi connectivity index (χ0) is 18.4. The fourth-order valence-electron chi connectivity index (χ4n) is 2.49. The van der Waals surface area contributed by atoms with Crippen molar-refractivity contribution in [3.05, 3.63) is 65.2 Å². The first-order valence-electron chi connectivity index (χ1n) is 7.96. The largest absolute Gasteiger partial charge is 0.491 e. The first kappa shape index (κ1) is 19.3. The summed E-state index contributed by atoms with van der Waals surface area (Å²) in [6, 6.07) is 12.6. The molecule has 0 aromatic heterocycles. The second kappa shape index (κ2) is 8.36. The molecule has 0 aliphatic rings. The van der Waals surface area contributed by atoms with Gasteiger partial charge in [-0.05, 0) is 49.4 Å². The number of nitrogens with zero attached hydrogens (tertiary/aromatic N) is 1. The van der Waals surface area contributed by atoms with Gasteiger partial charge >= 0.3 is 6.18 Å². The first-order valence-corrected chi connectivity index (χ1v) is 7.96. The summed E-state index contributed by atoms with van der Waals surface area (Å²) in [5.74, 6) is 0.699. The third kappa shape index (κ3) is 6.40. The Morgan fingerprint density at radius 3 is 2.40 bits per heavy atom. The molecule has 0 amide bonds. The Morgan fingerprint density at radius 1 is 1.12 bits per heavy atom. The standard InChI is InChI=1S/C19H22F3NO2/c1-14-4-3-5-18(10-14)25-13-17(24)12-23(2)11-15-6-8-16(9-7-15)19(20,21)22/h3-10,17,24H,11-13H2,1-2H3. The summed E-state index contributed by atoms with van der Waals surface area (Å²) < 4.78 is 43.2. The number of alkyl halides is 3. The number of hydrogen-bond acceptors (Lipinski definition) is 3. The molecule has 6 heteroatoms. The molecule has 0 radical (unpaired) electrons. The molecule has 1 atom stereocenters. The summed E-state index contributed by atoms with van der Waals surface area (Å²) in [5.41, 5.74) is 1.17. The van der Waals surface area contributed by atoms with Gasteiger partial charge in [0.2, 0.25) is 0 Å². The molecule has 0 saturated carbocycles. The summed E-state index contributed by atoms with van der Waals surface area (Å²) in [6.45, 7) is 2.91. The van der Waals surface area contributed by atoms with E-state index >= 15 is 0 Å². The summed E-state index contributed by atoms with van der Waals surface area (Å²) in [7, 11) is 1.80. The predicted molar refractivity (Wildman–Crippen MR) is 90.5 cm³/mol. The van der Waals surface area contributed by atoms with Gasteiger partial charge in [0.15, 0.2) is 0 Å². The highest BCUT2D eigenvalue weighted by atomic mass is 19.4. The lowest BCUT2D eigenvalue weighted by Gasteiger charge is -2.21. The predicted octanol–water partition coefficient (Wildman–Crippen LogP) is 3.89. The van der Waals surface area contributed by atoms with E-state index in [-0.39, 0.29) is 6.61 Å². The Labute approximate surface area is 145 Å². The van der Waals surface area contributed by atoms with E-state index in [0.717, 1.165) is 23.3 Å². The fourth-order valence-corrected chi connectivity index (χ4v) is 2.49. The van der Waals surface area contributed by atoms with Gasteiger partial charge in [0, 0.05) is 13.1 Å². The van der Waals surface area contributed by atoms with E-state index in [1.807, 2.05) is 36.1 Å². The van der Waals surface area contributed by atoms with Gasteiger partial charge in [-0.2, -0.15) is 13.2 Å². The third-order valence-corrected chi connectivity index (χ3v) is 3.69. The van der Waals surface area contributed by atoms with Crippen LogP contribution in [0.2, 0.25) is 0 Å². The van der Waals surface area contributed by atoms with E-state index in [1.54, 1.807) is 7.05 Å². The van der Waals surface area contributed by atoms with Crippen molar-refractivity contribution in [2.24, 2.45) is 0 Å². The minimum absolute atomic E-state index is 0.154.